The Morgan fingerprint density at radius 1 is 0.312 bits per heavy atom. The van der Waals surface area contributed by atoms with E-state index in [9.17, 15) is 0 Å². The normalized spacial score (nSPS) is 11.8. The summed E-state index contributed by atoms with van der Waals surface area (Å²) in [5.41, 5.74) is 12.1. The summed E-state index contributed by atoms with van der Waals surface area (Å²) >= 11 is 0. The van der Waals surface area contributed by atoms with Crippen LogP contribution in [-0.2, 0) is 0 Å². The Hall–Kier alpha value is -8.67. The molecule has 0 saturated carbocycles. The predicted octanol–water partition coefficient (Wildman–Crippen LogP) is 15.5. The Balaban J connectivity index is 1.10. The van der Waals surface area contributed by atoms with Crippen molar-refractivity contribution in [2.24, 2.45) is 0 Å². The minimum absolute atomic E-state index is 0.533. The number of fused-ring (bicyclic) bond motifs is 10. The van der Waals surface area contributed by atoms with Gasteiger partial charge in [0.2, 0.25) is 5.95 Å². The molecule has 3 heterocycles. The third kappa shape index (κ3) is 5.75. The molecule has 13 rings (SSSR count). The van der Waals surface area contributed by atoms with Crippen LogP contribution in [0.25, 0.3) is 127 Å². The fourth-order valence-electron chi connectivity index (χ4n) is 9.63. The Morgan fingerprint density at radius 3 is 1.45 bits per heavy atom. The topological polar surface area (TPSA) is 56.7 Å². The van der Waals surface area contributed by atoms with Gasteiger partial charge in [-0.05, 0) is 44.5 Å². The molecule has 0 spiro atoms. The molecular formula is C59H36N4O. The number of nitrogens with zero attached hydrogens (tertiary/aromatic N) is 4. The van der Waals surface area contributed by atoms with Crippen LogP contribution in [0.4, 0.5) is 0 Å². The number of aromatic nitrogens is 4. The van der Waals surface area contributed by atoms with Gasteiger partial charge in [-0.15, -0.1) is 0 Å². The quantitative estimate of drug-likeness (QED) is 0.168. The number of furan rings is 1. The van der Waals surface area contributed by atoms with Crippen molar-refractivity contribution < 1.29 is 4.42 Å². The Bertz CT molecular complexity index is 3830. The van der Waals surface area contributed by atoms with Gasteiger partial charge in [-0.25, -0.2) is 4.98 Å². The lowest BCUT2D eigenvalue weighted by molar-refractivity contribution is 0.670. The Kier molecular flexibility index (Phi) is 8.15. The third-order valence-electron chi connectivity index (χ3n) is 12.7. The summed E-state index contributed by atoms with van der Waals surface area (Å²) < 4.78 is 9.14. The van der Waals surface area contributed by atoms with Crippen molar-refractivity contribution in [1.29, 1.82) is 0 Å². The van der Waals surface area contributed by atoms with Crippen molar-refractivity contribution in [3.63, 3.8) is 0 Å². The average molecular weight is 817 g/mol. The molecular weight excluding hydrogens is 781 g/mol. The first kappa shape index (κ1) is 36.0. The van der Waals surface area contributed by atoms with E-state index in [1.807, 2.05) is 12.1 Å². The third-order valence-corrected chi connectivity index (χ3v) is 12.7. The Morgan fingerprint density at radius 2 is 0.797 bits per heavy atom. The van der Waals surface area contributed by atoms with Crippen LogP contribution in [0.2, 0.25) is 0 Å². The van der Waals surface area contributed by atoms with Gasteiger partial charge in [0, 0.05) is 49.2 Å². The molecule has 0 saturated heterocycles. The second kappa shape index (κ2) is 14.5. The van der Waals surface area contributed by atoms with Crippen LogP contribution in [0.3, 0.4) is 0 Å². The number of rotatable bonds is 6. The maximum Gasteiger partial charge on any atom is 0.238 e. The van der Waals surface area contributed by atoms with E-state index in [2.05, 4.69) is 211 Å². The van der Waals surface area contributed by atoms with Crippen LogP contribution >= 0.6 is 0 Å². The maximum absolute atomic E-state index is 6.87. The standard InChI is InChI=1S/C59H36N4O/c1-3-13-37(14-4-1)39-25-29-43(30-26-39)57-60-58(44-31-27-40(28-32-44)38-15-5-2-6-16-38)62-59(61-57)63-54-46-20-10-8-18-42(46)33-35-49(54)47-21-11-22-48(55(47)63)50-23-12-24-51-53-45-19-9-7-17-41(45)34-36-52(53)64-56(50)51/h1-36H. The zero-order chi connectivity index (χ0) is 42.1. The molecule has 0 fully saturated rings. The predicted molar refractivity (Wildman–Crippen MR) is 264 cm³/mol. The maximum atomic E-state index is 6.87. The van der Waals surface area contributed by atoms with Crippen molar-refractivity contribution in [3.05, 3.63) is 218 Å². The minimum atomic E-state index is 0.533. The number of hydrogen-bond acceptors (Lipinski definition) is 4. The second-order valence-electron chi connectivity index (χ2n) is 16.3. The molecule has 0 aliphatic rings. The number of para-hydroxylation sites is 2. The molecule has 0 N–H and O–H groups in total. The lowest BCUT2D eigenvalue weighted by atomic mass is 9.98. The van der Waals surface area contributed by atoms with Gasteiger partial charge in [0.1, 0.15) is 11.2 Å². The van der Waals surface area contributed by atoms with Crippen LogP contribution in [0.5, 0.6) is 0 Å². The van der Waals surface area contributed by atoms with Gasteiger partial charge < -0.3 is 4.42 Å². The van der Waals surface area contributed by atoms with E-state index >= 15 is 0 Å². The molecule has 0 unspecified atom stereocenters. The molecule has 0 aliphatic carbocycles. The fraction of sp³-hybridized carbons (Fsp3) is 0. The van der Waals surface area contributed by atoms with Crippen LogP contribution in [0.15, 0.2) is 223 Å². The Labute approximate surface area is 368 Å². The summed E-state index contributed by atoms with van der Waals surface area (Å²) in [7, 11) is 0. The molecule has 5 nitrogen and oxygen atoms in total. The molecule has 0 radical (unpaired) electrons. The summed E-state index contributed by atoms with van der Waals surface area (Å²) in [5, 5.41) is 9.01. The van der Waals surface area contributed by atoms with E-state index < -0.39 is 0 Å². The van der Waals surface area contributed by atoms with E-state index in [0.29, 0.717) is 17.6 Å². The van der Waals surface area contributed by atoms with Gasteiger partial charge in [0.25, 0.3) is 0 Å². The molecule has 10 aromatic carbocycles. The van der Waals surface area contributed by atoms with E-state index in [-0.39, 0.29) is 0 Å². The summed E-state index contributed by atoms with van der Waals surface area (Å²) in [4.78, 5) is 16.1. The van der Waals surface area contributed by atoms with Crippen molar-refractivity contribution in [1.82, 2.24) is 19.5 Å². The summed E-state index contributed by atoms with van der Waals surface area (Å²) in [6, 6.07) is 76.8. The van der Waals surface area contributed by atoms with Gasteiger partial charge in [0.05, 0.1) is 11.0 Å². The zero-order valence-corrected chi connectivity index (χ0v) is 34.5. The van der Waals surface area contributed by atoms with Crippen LogP contribution < -0.4 is 0 Å². The van der Waals surface area contributed by atoms with E-state index in [1.165, 1.54) is 10.8 Å². The first-order chi connectivity index (χ1) is 31.7. The molecule has 3 aromatic heterocycles. The van der Waals surface area contributed by atoms with Crippen molar-refractivity contribution in [2.45, 2.75) is 0 Å². The number of benzene rings is 10. The van der Waals surface area contributed by atoms with E-state index in [1.54, 1.807) is 0 Å². The summed E-state index contributed by atoms with van der Waals surface area (Å²) in [6.45, 7) is 0. The molecule has 64 heavy (non-hydrogen) atoms. The highest BCUT2D eigenvalue weighted by Gasteiger charge is 2.24. The van der Waals surface area contributed by atoms with E-state index in [4.69, 9.17) is 19.4 Å². The molecule has 0 bridgehead atoms. The van der Waals surface area contributed by atoms with Crippen LogP contribution in [-0.4, -0.2) is 19.5 Å². The first-order valence-corrected chi connectivity index (χ1v) is 21.6. The molecule has 298 valence electrons. The van der Waals surface area contributed by atoms with Crippen molar-refractivity contribution in [3.8, 4) is 62.1 Å². The number of hydrogen-bond donors (Lipinski definition) is 0. The highest BCUT2D eigenvalue weighted by atomic mass is 16.3. The second-order valence-corrected chi connectivity index (χ2v) is 16.3. The first-order valence-electron chi connectivity index (χ1n) is 21.6. The largest absolute Gasteiger partial charge is 0.455 e. The molecule has 0 amide bonds. The SMILES string of the molecule is c1ccc(-c2ccc(-c3nc(-c4ccc(-c5ccccc5)cc4)nc(-n4c5c(-c6cccc7c6oc6ccc8ccccc8c67)cccc5c5ccc6ccccc6c54)n3)cc2)cc1. The molecule has 13 aromatic rings. The lowest BCUT2D eigenvalue weighted by Crippen LogP contribution is -2.07. The summed E-state index contributed by atoms with van der Waals surface area (Å²) in [5.74, 6) is 1.71. The van der Waals surface area contributed by atoms with Crippen LogP contribution in [0.1, 0.15) is 0 Å². The molecule has 0 atom stereocenters. The lowest BCUT2D eigenvalue weighted by Gasteiger charge is -2.14. The minimum Gasteiger partial charge on any atom is -0.455 e. The highest BCUT2D eigenvalue weighted by molar-refractivity contribution is 6.24. The van der Waals surface area contributed by atoms with Gasteiger partial charge >= 0.3 is 0 Å². The van der Waals surface area contributed by atoms with Gasteiger partial charge in [-0.1, -0.05) is 212 Å². The van der Waals surface area contributed by atoms with Crippen molar-refractivity contribution >= 4 is 65.3 Å². The van der Waals surface area contributed by atoms with Gasteiger partial charge in [-0.3, -0.25) is 4.57 Å². The van der Waals surface area contributed by atoms with Crippen LogP contribution in [0, 0.1) is 0 Å². The van der Waals surface area contributed by atoms with Gasteiger partial charge in [-0.2, -0.15) is 9.97 Å². The monoisotopic (exact) mass is 816 g/mol. The highest BCUT2D eigenvalue weighted by Crippen LogP contribution is 2.45. The summed E-state index contributed by atoms with van der Waals surface area (Å²) in [6.07, 6.45) is 0. The van der Waals surface area contributed by atoms with Crippen molar-refractivity contribution in [2.75, 3.05) is 0 Å². The van der Waals surface area contributed by atoms with E-state index in [0.717, 1.165) is 99.0 Å². The smallest absolute Gasteiger partial charge is 0.238 e. The fourth-order valence-corrected chi connectivity index (χ4v) is 9.63. The van der Waals surface area contributed by atoms with Gasteiger partial charge in [0.15, 0.2) is 11.6 Å². The zero-order valence-electron chi connectivity index (χ0n) is 34.5. The molecule has 0 aliphatic heterocycles. The average Bonchev–Trinajstić information content (AvgIpc) is 3.94. The molecule has 5 heteroatoms.